The number of hydrogen-bond acceptors (Lipinski definition) is 2. The van der Waals surface area contributed by atoms with Gasteiger partial charge in [0, 0.05) is 13.1 Å². The highest BCUT2D eigenvalue weighted by Gasteiger charge is 2.11. The first-order valence-electron chi connectivity index (χ1n) is 5.41. The summed E-state index contributed by atoms with van der Waals surface area (Å²) in [6.45, 7) is 5.28. The number of carbonyl (C=O) groups is 1. The van der Waals surface area contributed by atoms with Gasteiger partial charge in [-0.15, -0.1) is 0 Å². The Morgan fingerprint density at radius 3 is 2.50 bits per heavy atom. The monoisotopic (exact) mass is 222 g/mol. The van der Waals surface area contributed by atoms with Gasteiger partial charge < -0.3 is 15.0 Å². The molecule has 1 aromatic carbocycles. The Labute approximate surface area is 96.2 Å². The smallest absolute Gasteiger partial charge is 0.321 e. The van der Waals surface area contributed by atoms with E-state index in [0.29, 0.717) is 24.5 Å². The average molecular weight is 222 g/mol. The van der Waals surface area contributed by atoms with Crippen LogP contribution in [0.1, 0.15) is 13.8 Å². The second-order valence-electron chi connectivity index (χ2n) is 3.30. The number of benzene rings is 1. The molecular weight excluding hydrogens is 204 g/mol. The molecule has 0 aliphatic rings. The number of carbonyl (C=O) groups excluding carboxylic acids is 1. The maximum atomic E-state index is 11.8. The molecule has 1 N–H and O–H groups in total. The van der Waals surface area contributed by atoms with Crippen molar-refractivity contribution in [2.45, 2.75) is 13.8 Å². The summed E-state index contributed by atoms with van der Waals surface area (Å²) in [5.41, 5.74) is 0.696. The summed E-state index contributed by atoms with van der Waals surface area (Å²) < 4.78 is 5.16. The molecule has 4 nitrogen and oxygen atoms in total. The van der Waals surface area contributed by atoms with Crippen molar-refractivity contribution < 1.29 is 9.53 Å². The van der Waals surface area contributed by atoms with Crippen LogP contribution in [0, 0.1) is 0 Å². The van der Waals surface area contributed by atoms with Crippen LogP contribution >= 0.6 is 0 Å². The Morgan fingerprint density at radius 1 is 1.31 bits per heavy atom. The second-order valence-corrected chi connectivity index (χ2v) is 3.30. The minimum Gasteiger partial charge on any atom is -0.495 e. The summed E-state index contributed by atoms with van der Waals surface area (Å²) >= 11 is 0. The van der Waals surface area contributed by atoms with Crippen LogP contribution < -0.4 is 10.1 Å². The molecule has 0 bridgehead atoms. The Kier molecular flexibility index (Phi) is 4.64. The first-order chi connectivity index (χ1) is 7.72. The zero-order valence-electron chi connectivity index (χ0n) is 9.99. The van der Waals surface area contributed by atoms with E-state index in [1.165, 1.54) is 0 Å². The zero-order chi connectivity index (χ0) is 12.0. The van der Waals surface area contributed by atoms with Gasteiger partial charge in [-0.3, -0.25) is 0 Å². The van der Waals surface area contributed by atoms with Gasteiger partial charge in [0.1, 0.15) is 5.75 Å². The third-order valence-electron chi connectivity index (χ3n) is 2.40. The van der Waals surface area contributed by atoms with Crippen molar-refractivity contribution in [2.24, 2.45) is 0 Å². The molecule has 0 heterocycles. The van der Waals surface area contributed by atoms with Crippen molar-refractivity contribution in [2.75, 3.05) is 25.5 Å². The average Bonchev–Trinajstić information content (AvgIpc) is 2.31. The van der Waals surface area contributed by atoms with Crippen molar-refractivity contribution in [1.29, 1.82) is 0 Å². The van der Waals surface area contributed by atoms with Gasteiger partial charge in [-0.2, -0.15) is 0 Å². The summed E-state index contributed by atoms with van der Waals surface area (Å²) in [5, 5.41) is 2.83. The third-order valence-corrected chi connectivity index (χ3v) is 2.40. The Balaban J connectivity index is 2.76. The summed E-state index contributed by atoms with van der Waals surface area (Å²) in [7, 11) is 1.59. The molecule has 0 aliphatic carbocycles. The molecule has 0 saturated heterocycles. The first kappa shape index (κ1) is 12.4. The maximum Gasteiger partial charge on any atom is 0.321 e. The molecule has 2 amide bonds. The lowest BCUT2D eigenvalue weighted by molar-refractivity contribution is 0.217. The standard InChI is InChI=1S/C12H18N2O2/c1-4-14(5-2)12(15)13-10-8-6-7-9-11(10)16-3/h6-9H,4-5H2,1-3H3,(H,13,15). The van der Waals surface area contributed by atoms with Crippen LogP contribution in [0.5, 0.6) is 5.75 Å². The number of hydrogen-bond donors (Lipinski definition) is 1. The SMILES string of the molecule is CCN(CC)C(=O)Nc1ccccc1OC. The van der Waals surface area contributed by atoms with Gasteiger partial charge in [0.25, 0.3) is 0 Å². The molecule has 1 aromatic rings. The van der Waals surface area contributed by atoms with Gasteiger partial charge in [0.15, 0.2) is 0 Å². The summed E-state index contributed by atoms with van der Waals surface area (Å²) in [5.74, 6) is 0.669. The molecule has 0 atom stereocenters. The molecular formula is C12H18N2O2. The second kappa shape index (κ2) is 6.00. The predicted molar refractivity (Wildman–Crippen MR) is 64.9 cm³/mol. The minimum absolute atomic E-state index is 0.102. The largest absolute Gasteiger partial charge is 0.495 e. The van der Waals surface area contributed by atoms with Crippen molar-refractivity contribution in [3.63, 3.8) is 0 Å². The van der Waals surface area contributed by atoms with Crippen molar-refractivity contribution in [3.05, 3.63) is 24.3 Å². The number of urea groups is 1. The van der Waals surface area contributed by atoms with Gasteiger partial charge in [0.05, 0.1) is 12.8 Å². The topological polar surface area (TPSA) is 41.6 Å². The van der Waals surface area contributed by atoms with Crippen LogP contribution in [0.4, 0.5) is 10.5 Å². The van der Waals surface area contributed by atoms with Crippen LogP contribution in [-0.4, -0.2) is 31.1 Å². The molecule has 0 aromatic heterocycles. The number of methoxy groups -OCH3 is 1. The van der Waals surface area contributed by atoms with Crippen LogP contribution in [0.15, 0.2) is 24.3 Å². The van der Waals surface area contributed by atoms with Crippen LogP contribution in [0.3, 0.4) is 0 Å². The van der Waals surface area contributed by atoms with E-state index in [1.807, 2.05) is 38.1 Å². The normalized spacial score (nSPS) is 9.69. The van der Waals surface area contributed by atoms with Gasteiger partial charge >= 0.3 is 6.03 Å². The quantitative estimate of drug-likeness (QED) is 0.850. The first-order valence-corrected chi connectivity index (χ1v) is 5.41. The molecule has 0 saturated carbocycles. The molecule has 16 heavy (non-hydrogen) atoms. The summed E-state index contributed by atoms with van der Waals surface area (Å²) in [4.78, 5) is 13.5. The molecule has 0 aliphatic heterocycles. The third kappa shape index (κ3) is 2.89. The van der Waals surface area contributed by atoms with Crippen LogP contribution in [-0.2, 0) is 0 Å². The number of rotatable bonds is 4. The molecule has 88 valence electrons. The fourth-order valence-corrected chi connectivity index (χ4v) is 1.45. The van der Waals surface area contributed by atoms with E-state index in [-0.39, 0.29) is 6.03 Å². The predicted octanol–water partition coefficient (Wildman–Crippen LogP) is 2.57. The van der Waals surface area contributed by atoms with Crippen molar-refractivity contribution in [1.82, 2.24) is 4.90 Å². The number of anilines is 1. The highest BCUT2D eigenvalue weighted by molar-refractivity contribution is 5.90. The lowest BCUT2D eigenvalue weighted by Gasteiger charge is -2.20. The van der Waals surface area contributed by atoms with Gasteiger partial charge in [-0.25, -0.2) is 4.79 Å². The van der Waals surface area contributed by atoms with E-state index < -0.39 is 0 Å². The number of ether oxygens (including phenoxy) is 1. The van der Waals surface area contributed by atoms with E-state index in [4.69, 9.17) is 4.74 Å². The molecule has 4 heteroatoms. The fraction of sp³-hybridized carbons (Fsp3) is 0.417. The zero-order valence-corrected chi connectivity index (χ0v) is 9.99. The fourth-order valence-electron chi connectivity index (χ4n) is 1.45. The lowest BCUT2D eigenvalue weighted by atomic mass is 10.3. The summed E-state index contributed by atoms with van der Waals surface area (Å²) in [6, 6.07) is 7.26. The van der Waals surface area contributed by atoms with Crippen molar-refractivity contribution >= 4 is 11.7 Å². The van der Waals surface area contributed by atoms with E-state index in [9.17, 15) is 4.79 Å². The number of nitrogens with zero attached hydrogens (tertiary/aromatic N) is 1. The Hall–Kier alpha value is -1.71. The molecule has 0 fully saturated rings. The Bertz CT molecular complexity index is 349. The van der Waals surface area contributed by atoms with E-state index >= 15 is 0 Å². The number of amides is 2. The lowest BCUT2D eigenvalue weighted by Crippen LogP contribution is -2.34. The van der Waals surface area contributed by atoms with E-state index in [1.54, 1.807) is 12.0 Å². The van der Waals surface area contributed by atoms with E-state index in [0.717, 1.165) is 0 Å². The number of nitrogens with one attached hydrogen (secondary N) is 1. The minimum atomic E-state index is -0.102. The summed E-state index contributed by atoms with van der Waals surface area (Å²) in [6.07, 6.45) is 0. The van der Waals surface area contributed by atoms with Gasteiger partial charge in [0.2, 0.25) is 0 Å². The van der Waals surface area contributed by atoms with Gasteiger partial charge in [-0.05, 0) is 26.0 Å². The highest BCUT2D eigenvalue weighted by Crippen LogP contribution is 2.23. The van der Waals surface area contributed by atoms with Crippen molar-refractivity contribution in [3.8, 4) is 5.75 Å². The number of para-hydroxylation sites is 2. The van der Waals surface area contributed by atoms with E-state index in [2.05, 4.69) is 5.32 Å². The molecule has 1 rings (SSSR count). The van der Waals surface area contributed by atoms with Gasteiger partial charge in [-0.1, -0.05) is 12.1 Å². The van der Waals surface area contributed by atoms with Crippen LogP contribution in [0.25, 0.3) is 0 Å². The molecule has 0 unspecified atom stereocenters. The van der Waals surface area contributed by atoms with Crippen LogP contribution in [0.2, 0.25) is 0 Å². The maximum absolute atomic E-state index is 11.8. The molecule has 0 radical (unpaired) electrons. The Morgan fingerprint density at radius 2 is 1.94 bits per heavy atom. The highest BCUT2D eigenvalue weighted by atomic mass is 16.5. The molecule has 0 spiro atoms.